The molecule has 0 radical (unpaired) electrons. The van der Waals surface area contributed by atoms with Gasteiger partial charge in [-0.15, -0.1) is 6.42 Å². The maximum absolute atomic E-state index is 11.4. The molecule has 0 spiro atoms. The summed E-state index contributed by atoms with van der Waals surface area (Å²) in [4.78, 5) is 0. The Bertz CT molecular complexity index is 976. The molecule has 6 atom stereocenters. The van der Waals surface area contributed by atoms with Gasteiger partial charge in [0.1, 0.15) is 5.75 Å². The van der Waals surface area contributed by atoms with E-state index in [4.69, 9.17) is 6.42 Å². The summed E-state index contributed by atoms with van der Waals surface area (Å²) in [5, 5.41) is 21.2. The molecule has 0 bridgehead atoms. The van der Waals surface area contributed by atoms with E-state index >= 15 is 0 Å². The summed E-state index contributed by atoms with van der Waals surface area (Å²) >= 11 is 0. The zero-order chi connectivity index (χ0) is 21.1. The first-order valence-electron chi connectivity index (χ1n) is 10.5. The van der Waals surface area contributed by atoms with Gasteiger partial charge in [-0.1, -0.05) is 19.8 Å². The van der Waals surface area contributed by atoms with Crippen molar-refractivity contribution in [3.05, 3.63) is 28.3 Å². The maximum Gasteiger partial charge on any atom is 0.265 e. The van der Waals surface area contributed by atoms with Gasteiger partial charge in [-0.05, 0) is 78.9 Å². The molecule has 0 saturated heterocycles. The van der Waals surface area contributed by atoms with Crippen molar-refractivity contribution in [2.75, 3.05) is 5.75 Å². The van der Waals surface area contributed by atoms with Crippen molar-refractivity contribution < 1.29 is 23.2 Å². The molecule has 5 nitrogen and oxygen atoms in total. The second-order valence-corrected chi connectivity index (χ2v) is 11.1. The number of aryl methyl sites for hydroxylation is 1. The molecule has 0 amide bonds. The largest absolute Gasteiger partial charge is 0.508 e. The fourth-order valence-electron chi connectivity index (χ4n) is 6.78. The van der Waals surface area contributed by atoms with Crippen molar-refractivity contribution in [2.45, 2.75) is 70.3 Å². The third kappa shape index (κ3) is 3.28. The number of aliphatic hydroxyl groups is 1. The van der Waals surface area contributed by atoms with Gasteiger partial charge in [0.15, 0.2) is 0 Å². The Morgan fingerprint density at radius 3 is 2.69 bits per heavy atom. The number of hydrogen-bond acceptors (Lipinski definition) is 4. The van der Waals surface area contributed by atoms with Crippen LogP contribution in [0.2, 0.25) is 0 Å². The van der Waals surface area contributed by atoms with Gasteiger partial charge in [-0.2, -0.15) is 8.42 Å². The summed E-state index contributed by atoms with van der Waals surface area (Å²) in [6.45, 7) is 3.89. The number of phenols is 1. The number of aromatic hydroxyl groups is 1. The molecule has 3 aliphatic rings. The number of benzene rings is 1. The van der Waals surface area contributed by atoms with Crippen LogP contribution in [-0.4, -0.2) is 35.0 Å². The number of fused-ring (bicyclic) bond motifs is 5. The monoisotopic (exact) mass is 418 g/mol. The average Bonchev–Trinajstić information content (AvgIpc) is 2.93. The van der Waals surface area contributed by atoms with Crippen molar-refractivity contribution in [2.24, 2.45) is 17.3 Å². The highest BCUT2D eigenvalue weighted by molar-refractivity contribution is 7.85. The molecular weight excluding hydrogens is 388 g/mol. The van der Waals surface area contributed by atoms with Crippen LogP contribution in [-0.2, 0) is 16.5 Å². The Morgan fingerprint density at radius 2 is 2.03 bits per heavy atom. The molecule has 0 aromatic heterocycles. The van der Waals surface area contributed by atoms with E-state index in [0.29, 0.717) is 23.0 Å². The van der Waals surface area contributed by atoms with Gasteiger partial charge in [0, 0.05) is 17.0 Å². The van der Waals surface area contributed by atoms with E-state index in [-0.39, 0.29) is 23.2 Å². The minimum absolute atomic E-state index is 0.0169. The molecule has 6 heteroatoms. The van der Waals surface area contributed by atoms with Crippen LogP contribution in [0.15, 0.2) is 6.07 Å². The minimum atomic E-state index is -4.19. The van der Waals surface area contributed by atoms with Crippen LogP contribution in [0.3, 0.4) is 0 Å². The first kappa shape index (κ1) is 20.7. The lowest BCUT2D eigenvalue weighted by Gasteiger charge is -2.50. The van der Waals surface area contributed by atoms with Crippen LogP contribution < -0.4 is 0 Å². The zero-order valence-corrected chi connectivity index (χ0v) is 17.9. The highest BCUT2D eigenvalue weighted by atomic mass is 32.2. The van der Waals surface area contributed by atoms with E-state index in [1.165, 1.54) is 0 Å². The Kier molecular flexibility index (Phi) is 5.00. The molecule has 1 aromatic rings. The molecule has 3 N–H and O–H groups in total. The van der Waals surface area contributed by atoms with E-state index in [1.54, 1.807) is 13.0 Å². The van der Waals surface area contributed by atoms with E-state index in [1.807, 2.05) is 0 Å². The molecule has 4 rings (SSSR count). The summed E-state index contributed by atoms with van der Waals surface area (Å²) < 4.78 is 32.2. The normalized spacial score (nSPS) is 34.6. The Labute approximate surface area is 173 Å². The average molecular weight is 419 g/mol. The second kappa shape index (κ2) is 7.01. The summed E-state index contributed by atoms with van der Waals surface area (Å²) in [6.07, 6.45) is 11.3. The lowest BCUT2D eigenvalue weighted by Crippen LogP contribution is -2.44. The third-order valence-corrected chi connectivity index (χ3v) is 9.00. The lowest BCUT2D eigenvalue weighted by molar-refractivity contribution is -0.0226. The van der Waals surface area contributed by atoms with Gasteiger partial charge in [-0.25, -0.2) is 0 Å². The van der Waals surface area contributed by atoms with Crippen LogP contribution in [0, 0.1) is 29.6 Å². The fraction of sp³-hybridized carbons (Fsp3) is 0.652. The second-order valence-electron chi connectivity index (χ2n) is 9.60. The van der Waals surface area contributed by atoms with Gasteiger partial charge in [0.2, 0.25) is 0 Å². The smallest absolute Gasteiger partial charge is 0.265 e. The standard InChI is InChI=1S/C23H30O5S/c1-4-15-21(13(2)12-29(26,27)28)19(24)11-14-5-6-16-17(22(14)15)9-10-23(3)18(16)7-8-20(23)25/h1,11,13,16-18,20,24-25H,5-10,12H2,2-3H3,(H,26,27,28)/t13?,16-,17+,18+,20+,23+/m1/s1. The molecule has 0 aliphatic heterocycles. The van der Waals surface area contributed by atoms with Crippen molar-refractivity contribution in [3.8, 4) is 18.1 Å². The summed E-state index contributed by atoms with van der Waals surface area (Å²) in [6, 6.07) is 1.75. The van der Waals surface area contributed by atoms with E-state index in [0.717, 1.165) is 49.7 Å². The summed E-state index contributed by atoms with van der Waals surface area (Å²) in [5.74, 6) is 2.86. The van der Waals surface area contributed by atoms with Crippen LogP contribution in [0.4, 0.5) is 0 Å². The Balaban J connectivity index is 1.80. The Morgan fingerprint density at radius 1 is 1.31 bits per heavy atom. The third-order valence-electron chi connectivity index (χ3n) is 8.07. The predicted molar refractivity (Wildman–Crippen MR) is 111 cm³/mol. The zero-order valence-electron chi connectivity index (χ0n) is 17.1. The number of hydrogen-bond donors (Lipinski definition) is 3. The van der Waals surface area contributed by atoms with Gasteiger partial charge < -0.3 is 10.2 Å². The molecule has 2 saturated carbocycles. The Hall–Kier alpha value is -1.55. The molecule has 1 aromatic carbocycles. The molecular formula is C23H30O5S. The molecule has 3 aliphatic carbocycles. The molecule has 158 valence electrons. The topological polar surface area (TPSA) is 94.8 Å². The first-order chi connectivity index (χ1) is 13.6. The molecule has 29 heavy (non-hydrogen) atoms. The van der Waals surface area contributed by atoms with Crippen molar-refractivity contribution >= 4 is 10.1 Å². The maximum atomic E-state index is 11.4. The number of phenolic OH excluding ortho intramolecular Hbond substituents is 1. The van der Waals surface area contributed by atoms with Crippen molar-refractivity contribution in [1.29, 1.82) is 0 Å². The van der Waals surface area contributed by atoms with E-state index < -0.39 is 21.8 Å². The lowest BCUT2D eigenvalue weighted by atomic mass is 9.54. The van der Waals surface area contributed by atoms with Gasteiger partial charge in [-0.3, -0.25) is 4.55 Å². The minimum Gasteiger partial charge on any atom is -0.508 e. The van der Waals surface area contributed by atoms with Gasteiger partial charge >= 0.3 is 0 Å². The molecule has 2 fully saturated rings. The van der Waals surface area contributed by atoms with E-state index in [9.17, 15) is 23.2 Å². The van der Waals surface area contributed by atoms with Gasteiger partial charge in [0.05, 0.1) is 11.9 Å². The SMILES string of the molecule is C#Cc1c(C(C)CS(=O)(=O)O)c(O)cc2c1[C@H]1CC[C@]3(C)[C@@H](O)CC[C@H]3[C@@H]1CC2. The number of rotatable bonds is 3. The van der Waals surface area contributed by atoms with Crippen LogP contribution in [0.25, 0.3) is 0 Å². The van der Waals surface area contributed by atoms with Crippen LogP contribution in [0.5, 0.6) is 5.75 Å². The summed E-state index contributed by atoms with van der Waals surface area (Å²) in [7, 11) is -4.19. The van der Waals surface area contributed by atoms with Crippen LogP contribution >= 0.6 is 0 Å². The van der Waals surface area contributed by atoms with Crippen molar-refractivity contribution in [3.63, 3.8) is 0 Å². The van der Waals surface area contributed by atoms with Crippen molar-refractivity contribution in [1.82, 2.24) is 0 Å². The number of aliphatic hydroxyl groups excluding tert-OH is 1. The molecule has 1 unspecified atom stereocenters. The predicted octanol–water partition coefficient (Wildman–Crippen LogP) is 3.58. The van der Waals surface area contributed by atoms with Crippen LogP contribution in [0.1, 0.15) is 80.0 Å². The van der Waals surface area contributed by atoms with E-state index in [2.05, 4.69) is 12.8 Å². The van der Waals surface area contributed by atoms with Gasteiger partial charge in [0.25, 0.3) is 10.1 Å². The number of terminal acetylenes is 1. The highest BCUT2D eigenvalue weighted by Crippen LogP contribution is 2.61. The first-order valence-corrected chi connectivity index (χ1v) is 12.2. The fourth-order valence-corrected chi connectivity index (χ4v) is 7.58. The highest BCUT2D eigenvalue weighted by Gasteiger charge is 2.54. The quantitative estimate of drug-likeness (QED) is 0.515. The molecule has 0 heterocycles. The summed E-state index contributed by atoms with van der Waals surface area (Å²) in [5.41, 5.74) is 3.16.